The summed E-state index contributed by atoms with van der Waals surface area (Å²) >= 11 is 0. The van der Waals surface area contributed by atoms with Crippen molar-refractivity contribution >= 4 is 11.9 Å². The lowest BCUT2D eigenvalue weighted by Gasteiger charge is -2.18. The van der Waals surface area contributed by atoms with E-state index in [1.807, 2.05) is 0 Å². The molecule has 4 nitrogen and oxygen atoms in total. The standard InChI is InChI=1S/C48H94O4/c1-3-5-7-9-11-13-15-17-19-20-21-22-23-24-26-28-30-32-37-41-45-48(51)52-46(43-39-35-33-36-40-44-47(49)50)42-38-34-31-29-27-25-18-16-14-12-10-8-6-4-2/h46H,3-45H2,1-2H3,(H,49,50). The van der Waals surface area contributed by atoms with Gasteiger partial charge in [0, 0.05) is 12.8 Å². The van der Waals surface area contributed by atoms with Gasteiger partial charge in [-0.25, -0.2) is 0 Å². The number of aliphatic carboxylic acids is 1. The van der Waals surface area contributed by atoms with E-state index in [4.69, 9.17) is 9.84 Å². The number of carbonyl (C=O) groups is 2. The molecule has 0 bridgehead atoms. The Morgan fingerprint density at radius 3 is 0.846 bits per heavy atom. The normalized spacial score (nSPS) is 12.0. The number of esters is 1. The van der Waals surface area contributed by atoms with Crippen LogP contribution >= 0.6 is 0 Å². The summed E-state index contributed by atoms with van der Waals surface area (Å²) in [6.45, 7) is 4.58. The topological polar surface area (TPSA) is 63.6 Å². The highest BCUT2D eigenvalue weighted by Crippen LogP contribution is 2.20. The van der Waals surface area contributed by atoms with Gasteiger partial charge in [0.05, 0.1) is 0 Å². The first-order chi connectivity index (χ1) is 25.6. The minimum absolute atomic E-state index is 0.0132. The van der Waals surface area contributed by atoms with Gasteiger partial charge in [-0.3, -0.25) is 9.59 Å². The number of hydrogen-bond acceptors (Lipinski definition) is 3. The zero-order chi connectivity index (χ0) is 37.8. The summed E-state index contributed by atoms with van der Waals surface area (Å²) in [5.74, 6) is -0.681. The third-order valence-electron chi connectivity index (χ3n) is 11.3. The highest BCUT2D eigenvalue weighted by atomic mass is 16.5. The molecule has 0 aromatic carbocycles. The van der Waals surface area contributed by atoms with Crippen LogP contribution in [0.3, 0.4) is 0 Å². The molecule has 1 atom stereocenters. The van der Waals surface area contributed by atoms with Crippen molar-refractivity contribution < 1.29 is 19.4 Å². The summed E-state index contributed by atoms with van der Waals surface area (Å²) in [4.78, 5) is 23.5. The van der Waals surface area contributed by atoms with E-state index in [-0.39, 0.29) is 18.5 Å². The number of unbranched alkanes of at least 4 members (excludes halogenated alkanes) is 36. The highest BCUT2D eigenvalue weighted by molar-refractivity contribution is 5.69. The third kappa shape index (κ3) is 43.3. The fourth-order valence-corrected chi connectivity index (χ4v) is 7.78. The maximum atomic E-state index is 12.8. The first kappa shape index (κ1) is 50.9. The fraction of sp³-hybridized carbons (Fsp3) is 0.958. The molecule has 0 radical (unpaired) electrons. The van der Waals surface area contributed by atoms with Crippen molar-refractivity contribution in [2.75, 3.05) is 0 Å². The first-order valence-corrected chi connectivity index (χ1v) is 24.0. The molecule has 0 aliphatic heterocycles. The Morgan fingerprint density at radius 2 is 0.577 bits per heavy atom. The average Bonchev–Trinajstić information content (AvgIpc) is 3.13. The molecule has 0 spiro atoms. The first-order valence-electron chi connectivity index (χ1n) is 24.0. The van der Waals surface area contributed by atoms with E-state index in [9.17, 15) is 9.59 Å². The van der Waals surface area contributed by atoms with Gasteiger partial charge in [-0.15, -0.1) is 0 Å². The molecule has 0 fully saturated rings. The number of carboxylic acids is 1. The minimum atomic E-state index is -0.694. The quantitative estimate of drug-likeness (QED) is 0.0500. The fourth-order valence-electron chi connectivity index (χ4n) is 7.78. The number of carbonyl (C=O) groups excluding carboxylic acids is 1. The molecule has 0 saturated carbocycles. The molecule has 0 aliphatic rings. The predicted molar refractivity (Wildman–Crippen MR) is 227 cm³/mol. The van der Waals surface area contributed by atoms with Gasteiger partial charge in [0.25, 0.3) is 0 Å². The van der Waals surface area contributed by atoms with Crippen LogP contribution in [0.2, 0.25) is 0 Å². The maximum absolute atomic E-state index is 12.8. The van der Waals surface area contributed by atoms with E-state index in [1.165, 1.54) is 199 Å². The van der Waals surface area contributed by atoms with Crippen molar-refractivity contribution in [1.29, 1.82) is 0 Å². The van der Waals surface area contributed by atoms with Gasteiger partial charge in [0.2, 0.25) is 0 Å². The predicted octanol–water partition coefficient (Wildman–Crippen LogP) is 16.8. The van der Waals surface area contributed by atoms with Gasteiger partial charge in [0.15, 0.2) is 0 Å². The van der Waals surface area contributed by atoms with Crippen LogP contribution in [0, 0.1) is 0 Å². The summed E-state index contributed by atoms with van der Waals surface area (Å²) in [7, 11) is 0. The third-order valence-corrected chi connectivity index (χ3v) is 11.3. The molecular weight excluding hydrogens is 641 g/mol. The zero-order valence-electron chi connectivity index (χ0n) is 35.7. The van der Waals surface area contributed by atoms with Crippen molar-refractivity contribution in [2.24, 2.45) is 0 Å². The summed E-state index contributed by atoms with van der Waals surface area (Å²) in [6.07, 6.45) is 54.4. The second kappa shape index (κ2) is 44.3. The molecule has 4 heteroatoms. The minimum Gasteiger partial charge on any atom is -0.481 e. The molecule has 0 aliphatic carbocycles. The van der Waals surface area contributed by atoms with Gasteiger partial charge in [-0.2, -0.15) is 0 Å². The molecule has 0 aromatic heterocycles. The molecule has 0 heterocycles. The van der Waals surface area contributed by atoms with Gasteiger partial charge >= 0.3 is 11.9 Å². The van der Waals surface area contributed by atoms with Crippen LogP contribution in [0.25, 0.3) is 0 Å². The van der Waals surface area contributed by atoms with Gasteiger partial charge < -0.3 is 9.84 Å². The lowest BCUT2D eigenvalue weighted by molar-refractivity contribution is -0.150. The van der Waals surface area contributed by atoms with Crippen LogP contribution in [0.5, 0.6) is 0 Å². The van der Waals surface area contributed by atoms with Crippen molar-refractivity contribution in [1.82, 2.24) is 0 Å². The van der Waals surface area contributed by atoms with E-state index < -0.39 is 5.97 Å². The van der Waals surface area contributed by atoms with Crippen LogP contribution in [-0.4, -0.2) is 23.1 Å². The Bertz CT molecular complexity index is 706. The second-order valence-corrected chi connectivity index (χ2v) is 16.7. The Balaban J connectivity index is 3.88. The van der Waals surface area contributed by atoms with Gasteiger partial charge in [0.1, 0.15) is 6.10 Å². The Hall–Kier alpha value is -1.06. The molecule has 52 heavy (non-hydrogen) atoms. The Morgan fingerprint density at radius 1 is 0.346 bits per heavy atom. The molecular formula is C48H94O4. The summed E-state index contributed by atoms with van der Waals surface area (Å²) in [5.41, 5.74) is 0. The molecule has 0 rings (SSSR count). The smallest absolute Gasteiger partial charge is 0.306 e. The second-order valence-electron chi connectivity index (χ2n) is 16.7. The van der Waals surface area contributed by atoms with Crippen molar-refractivity contribution in [3.63, 3.8) is 0 Å². The van der Waals surface area contributed by atoms with E-state index in [0.717, 1.165) is 64.2 Å². The van der Waals surface area contributed by atoms with Crippen LogP contribution in [0.15, 0.2) is 0 Å². The van der Waals surface area contributed by atoms with Crippen LogP contribution in [0.4, 0.5) is 0 Å². The maximum Gasteiger partial charge on any atom is 0.306 e. The van der Waals surface area contributed by atoms with Crippen LogP contribution in [0.1, 0.15) is 290 Å². The zero-order valence-corrected chi connectivity index (χ0v) is 35.7. The number of ether oxygens (including phenoxy) is 1. The molecule has 1 N–H and O–H groups in total. The van der Waals surface area contributed by atoms with Crippen molar-refractivity contribution in [2.45, 2.75) is 296 Å². The molecule has 0 amide bonds. The van der Waals surface area contributed by atoms with Gasteiger partial charge in [-0.1, -0.05) is 239 Å². The summed E-state index contributed by atoms with van der Waals surface area (Å²) < 4.78 is 6.05. The van der Waals surface area contributed by atoms with E-state index in [1.54, 1.807) is 0 Å². The number of rotatable bonds is 45. The molecule has 1 unspecified atom stereocenters. The van der Waals surface area contributed by atoms with Gasteiger partial charge in [-0.05, 0) is 38.5 Å². The van der Waals surface area contributed by atoms with E-state index >= 15 is 0 Å². The molecule has 310 valence electrons. The average molecular weight is 735 g/mol. The largest absolute Gasteiger partial charge is 0.481 e. The molecule has 0 aromatic rings. The lowest BCUT2D eigenvalue weighted by Crippen LogP contribution is -2.18. The monoisotopic (exact) mass is 735 g/mol. The molecule has 0 saturated heterocycles. The summed E-state index contributed by atoms with van der Waals surface area (Å²) in [5, 5.41) is 8.85. The van der Waals surface area contributed by atoms with Crippen molar-refractivity contribution in [3.8, 4) is 0 Å². The Kier molecular flexibility index (Phi) is 43.4. The lowest BCUT2D eigenvalue weighted by atomic mass is 10.0. The van der Waals surface area contributed by atoms with E-state index in [2.05, 4.69) is 13.8 Å². The highest BCUT2D eigenvalue weighted by Gasteiger charge is 2.14. The Labute approximate surface area is 326 Å². The SMILES string of the molecule is CCCCCCCCCCCCCCCCCCCCCCC(=O)OC(CCCCCCCCCCCCCCCC)CCCCCCCC(=O)O. The van der Waals surface area contributed by atoms with E-state index in [0.29, 0.717) is 6.42 Å². The number of hydrogen-bond donors (Lipinski definition) is 1. The van der Waals surface area contributed by atoms with Crippen LogP contribution in [-0.2, 0) is 14.3 Å². The van der Waals surface area contributed by atoms with Crippen molar-refractivity contribution in [3.05, 3.63) is 0 Å². The summed E-state index contributed by atoms with van der Waals surface area (Å²) in [6, 6.07) is 0. The van der Waals surface area contributed by atoms with Crippen LogP contribution < -0.4 is 0 Å². The number of carboxylic acid groups (broad SMARTS) is 1.